The molecular formula is C24H36INO3. The number of fused-ring (bicyclic) bond motifs is 2. The molecule has 2 bridgehead atoms. The first kappa shape index (κ1) is 23.0. The number of quaternary nitrogens is 1. The molecule has 3 unspecified atom stereocenters. The predicted molar refractivity (Wildman–Crippen MR) is 109 cm³/mol. The number of aliphatic hydroxyl groups is 1. The number of hydrogen-bond acceptors (Lipinski definition) is 3. The molecule has 0 radical (unpaired) electrons. The molecule has 3 aliphatic rings. The van der Waals surface area contributed by atoms with Gasteiger partial charge in [0.2, 0.25) is 0 Å². The van der Waals surface area contributed by atoms with Crippen LogP contribution in [0.3, 0.4) is 0 Å². The molecule has 1 aliphatic heterocycles. The summed E-state index contributed by atoms with van der Waals surface area (Å²) in [6.45, 7) is 2.81. The van der Waals surface area contributed by atoms with E-state index in [4.69, 9.17) is 4.74 Å². The number of nitrogens with zero attached hydrogens (tertiary/aromatic N) is 1. The van der Waals surface area contributed by atoms with Crippen molar-refractivity contribution in [2.24, 2.45) is 23.7 Å². The van der Waals surface area contributed by atoms with E-state index in [1.165, 1.54) is 32.4 Å². The van der Waals surface area contributed by atoms with E-state index in [1.807, 2.05) is 30.3 Å². The molecule has 1 aromatic rings. The Hall–Kier alpha value is -0.660. The second kappa shape index (κ2) is 9.23. The van der Waals surface area contributed by atoms with Crippen molar-refractivity contribution in [3.8, 4) is 0 Å². The first-order valence-electron chi connectivity index (χ1n) is 11.2. The maximum Gasteiger partial charge on any atom is 0.343 e. The molecule has 1 N–H and O–H groups in total. The molecule has 162 valence electrons. The van der Waals surface area contributed by atoms with Crippen molar-refractivity contribution in [1.82, 2.24) is 0 Å². The number of halogens is 1. The van der Waals surface area contributed by atoms with Gasteiger partial charge in [0.15, 0.2) is 5.60 Å². The van der Waals surface area contributed by atoms with Gasteiger partial charge in [0.05, 0.1) is 33.8 Å². The van der Waals surface area contributed by atoms with Crippen LogP contribution in [0.5, 0.6) is 0 Å². The fourth-order valence-electron chi connectivity index (χ4n) is 6.33. The van der Waals surface area contributed by atoms with Crippen molar-refractivity contribution >= 4 is 5.97 Å². The van der Waals surface area contributed by atoms with E-state index in [1.54, 1.807) is 0 Å². The van der Waals surface area contributed by atoms with Crippen molar-refractivity contribution in [2.45, 2.75) is 50.5 Å². The number of likely N-dealkylation sites (tertiary alicyclic amines) is 1. The molecule has 1 heterocycles. The molecule has 0 amide bonds. The fraction of sp³-hybridized carbons (Fsp3) is 0.708. The van der Waals surface area contributed by atoms with Crippen LogP contribution in [0.15, 0.2) is 30.3 Å². The smallest absolute Gasteiger partial charge is 0.343 e. The first-order valence-corrected chi connectivity index (χ1v) is 11.2. The average molecular weight is 513 g/mol. The quantitative estimate of drug-likeness (QED) is 0.359. The van der Waals surface area contributed by atoms with Crippen molar-refractivity contribution in [3.05, 3.63) is 35.9 Å². The Bertz CT molecular complexity index is 673. The highest BCUT2D eigenvalue weighted by Crippen LogP contribution is 2.45. The van der Waals surface area contributed by atoms with E-state index < -0.39 is 11.6 Å². The molecule has 2 aliphatic carbocycles. The Kier molecular flexibility index (Phi) is 7.32. The van der Waals surface area contributed by atoms with E-state index >= 15 is 0 Å². The molecule has 0 spiro atoms. The summed E-state index contributed by atoms with van der Waals surface area (Å²) in [6.07, 6.45) is 7.62. The molecule has 3 fully saturated rings. The number of hydrogen-bond donors (Lipinski definition) is 1. The summed E-state index contributed by atoms with van der Waals surface area (Å²) in [7, 11) is 4.62. The summed E-state index contributed by atoms with van der Waals surface area (Å²) < 4.78 is 6.99. The Labute approximate surface area is 192 Å². The largest absolute Gasteiger partial charge is 1.00 e. The summed E-state index contributed by atoms with van der Waals surface area (Å²) in [6, 6.07) is 9.48. The molecule has 5 heteroatoms. The number of ether oxygens (including phenoxy) is 1. The van der Waals surface area contributed by atoms with E-state index in [0.29, 0.717) is 29.9 Å². The highest BCUT2D eigenvalue weighted by Gasteiger charge is 2.50. The van der Waals surface area contributed by atoms with Crippen LogP contribution in [0.1, 0.15) is 50.5 Å². The fourth-order valence-corrected chi connectivity index (χ4v) is 6.33. The molecule has 1 saturated heterocycles. The number of carbonyl (C=O) groups is 1. The summed E-state index contributed by atoms with van der Waals surface area (Å²) in [5, 5.41) is 11.7. The second-order valence-corrected chi connectivity index (χ2v) is 10.1. The Morgan fingerprint density at radius 3 is 2.21 bits per heavy atom. The number of carbonyl (C=O) groups excluding carboxylic acids is 1. The lowest BCUT2D eigenvalue weighted by Crippen LogP contribution is -3.00. The van der Waals surface area contributed by atoms with Gasteiger partial charge in [0.1, 0.15) is 0 Å². The number of esters is 1. The van der Waals surface area contributed by atoms with Gasteiger partial charge in [0.25, 0.3) is 0 Å². The standard InChI is InChI=1S/C24H36NO3.HI/c1-25(2)15-18-13-14-19(16-25)22(18)17-28-23(26)24(27,20-9-5-3-6-10-20)21-11-7-4-8-12-21;/h3,5-6,9-10,18-19,21-22,27H,4,7-8,11-17H2,1-2H3;1H/q+1;/p-1. The van der Waals surface area contributed by atoms with E-state index in [0.717, 1.165) is 30.2 Å². The monoisotopic (exact) mass is 513 g/mol. The van der Waals surface area contributed by atoms with Gasteiger partial charge in [0, 0.05) is 23.7 Å². The van der Waals surface area contributed by atoms with E-state index in [2.05, 4.69) is 14.1 Å². The van der Waals surface area contributed by atoms with Gasteiger partial charge in [-0.3, -0.25) is 0 Å². The van der Waals surface area contributed by atoms with Crippen molar-refractivity contribution in [1.29, 1.82) is 0 Å². The minimum Gasteiger partial charge on any atom is -1.00 e. The second-order valence-electron chi connectivity index (χ2n) is 10.1. The first-order chi connectivity index (χ1) is 13.4. The summed E-state index contributed by atoms with van der Waals surface area (Å²) in [4.78, 5) is 13.3. The van der Waals surface area contributed by atoms with Gasteiger partial charge >= 0.3 is 5.97 Å². The van der Waals surface area contributed by atoms with Crippen LogP contribution in [0.4, 0.5) is 0 Å². The van der Waals surface area contributed by atoms with Gasteiger partial charge in [-0.05, 0) is 31.2 Å². The van der Waals surface area contributed by atoms with E-state index in [9.17, 15) is 9.90 Å². The van der Waals surface area contributed by atoms with Gasteiger partial charge in [-0.25, -0.2) is 4.79 Å². The lowest BCUT2D eigenvalue weighted by atomic mass is 9.73. The average Bonchev–Trinajstić information content (AvgIpc) is 2.97. The zero-order chi connectivity index (χ0) is 19.8. The van der Waals surface area contributed by atoms with Crippen LogP contribution in [-0.2, 0) is 15.1 Å². The van der Waals surface area contributed by atoms with Crippen molar-refractivity contribution < 1.29 is 43.1 Å². The summed E-state index contributed by atoms with van der Waals surface area (Å²) in [5.41, 5.74) is -0.818. The number of piperidine rings is 1. The number of benzene rings is 1. The van der Waals surface area contributed by atoms with Crippen LogP contribution >= 0.6 is 0 Å². The van der Waals surface area contributed by atoms with Crippen molar-refractivity contribution in [2.75, 3.05) is 33.8 Å². The lowest BCUT2D eigenvalue weighted by Gasteiger charge is -2.42. The summed E-state index contributed by atoms with van der Waals surface area (Å²) >= 11 is 0. The maximum absolute atomic E-state index is 13.3. The minimum absolute atomic E-state index is 0. The van der Waals surface area contributed by atoms with Crippen LogP contribution in [0.25, 0.3) is 0 Å². The van der Waals surface area contributed by atoms with Crippen LogP contribution < -0.4 is 24.0 Å². The zero-order valence-corrected chi connectivity index (χ0v) is 20.0. The Morgan fingerprint density at radius 2 is 1.62 bits per heavy atom. The van der Waals surface area contributed by atoms with E-state index in [-0.39, 0.29) is 29.9 Å². The normalized spacial score (nSPS) is 30.8. The Balaban J connectivity index is 0.00000240. The van der Waals surface area contributed by atoms with Gasteiger partial charge in [-0.2, -0.15) is 0 Å². The molecule has 2 saturated carbocycles. The maximum atomic E-state index is 13.3. The van der Waals surface area contributed by atoms with Gasteiger partial charge < -0.3 is 38.3 Å². The highest BCUT2D eigenvalue weighted by molar-refractivity contribution is 5.81. The third-order valence-electron chi connectivity index (χ3n) is 7.70. The molecule has 4 rings (SSSR count). The third-order valence-corrected chi connectivity index (χ3v) is 7.70. The van der Waals surface area contributed by atoms with Crippen molar-refractivity contribution in [3.63, 3.8) is 0 Å². The minimum atomic E-state index is -1.51. The summed E-state index contributed by atoms with van der Waals surface area (Å²) in [5.74, 6) is 1.27. The molecule has 0 aromatic heterocycles. The highest BCUT2D eigenvalue weighted by atomic mass is 127. The molecule has 29 heavy (non-hydrogen) atoms. The third kappa shape index (κ3) is 4.67. The van der Waals surface area contributed by atoms with Crippen LogP contribution in [0, 0.1) is 23.7 Å². The lowest BCUT2D eigenvalue weighted by molar-refractivity contribution is -0.902. The molecule has 1 aromatic carbocycles. The topological polar surface area (TPSA) is 46.5 Å². The number of rotatable bonds is 5. The van der Waals surface area contributed by atoms with Crippen LogP contribution in [0.2, 0.25) is 0 Å². The van der Waals surface area contributed by atoms with Gasteiger partial charge in [-0.1, -0.05) is 49.6 Å². The van der Waals surface area contributed by atoms with Crippen LogP contribution in [-0.4, -0.2) is 49.4 Å². The Morgan fingerprint density at radius 1 is 1.03 bits per heavy atom. The molecule has 4 nitrogen and oxygen atoms in total. The van der Waals surface area contributed by atoms with Gasteiger partial charge in [-0.15, -0.1) is 0 Å². The molecule has 3 atom stereocenters. The zero-order valence-electron chi connectivity index (χ0n) is 17.9. The molecular weight excluding hydrogens is 477 g/mol. The SMILES string of the molecule is C[N+]1(C)CC2CCC(C1)C2COC(=O)C(O)(c1ccccc1)C1CCCCC1.[I-]. The predicted octanol–water partition coefficient (Wildman–Crippen LogP) is 0.734.